The molecule has 0 radical (unpaired) electrons. The smallest absolute Gasteiger partial charge is 0.222 e. The molecular formula is C17H31N3O. The summed E-state index contributed by atoms with van der Waals surface area (Å²) in [5.74, 6) is 1.74. The number of rotatable bonds is 3. The molecule has 4 nitrogen and oxygen atoms in total. The highest BCUT2D eigenvalue weighted by Gasteiger charge is 2.32. The largest absolute Gasteiger partial charge is 0.340 e. The predicted molar refractivity (Wildman–Crippen MR) is 84.9 cm³/mol. The molecule has 1 saturated carbocycles. The van der Waals surface area contributed by atoms with E-state index in [4.69, 9.17) is 5.73 Å². The van der Waals surface area contributed by atoms with Gasteiger partial charge in [-0.15, -0.1) is 0 Å². The Labute approximate surface area is 129 Å². The number of amides is 1. The summed E-state index contributed by atoms with van der Waals surface area (Å²) in [6.45, 7) is 5.10. The molecule has 120 valence electrons. The van der Waals surface area contributed by atoms with Crippen molar-refractivity contribution in [2.24, 2.45) is 17.6 Å². The van der Waals surface area contributed by atoms with Crippen LogP contribution in [0.2, 0.25) is 0 Å². The Bertz CT molecular complexity index is 352. The molecule has 0 aromatic rings. The zero-order valence-electron chi connectivity index (χ0n) is 13.3. The van der Waals surface area contributed by atoms with E-state index in [9.17, 15) is 4.79 Å². The van der Waals surface area contributed by atoms with E-state index in [1.165, 1.54) is 51.5 Å². The quantitative estimate of drug-likeness (QED) is 0.864. The van der Waals surface area contributed by atoms with Crippen LogP contribution in [-0.2, 0) is 4.79 Å². The Balaban J connectivity index is 1.45. The van der Waals surface area contributed by atoms with Crippen LogP contribution < -0.4 is 5.73 Å². The van der Waals surface area contributed by atoms with Gasteiger partial charge in [-0.2, -0.15) is 0 Å². The average molecular weight is 293 g/mol. The molecule has 0 spiro atoms. The number of carbonyl (C=O) groups excluding carboxylic acids is 1. The second kappa shape index (κ2) is 7.10. The summed E-state index contributed by atoms with van der Waals surface area (Å²) < 4.78 is 0. The summed E-state index contributed by atoms with van der Waals surface area (Å²) in [7, 11) is 0. The minimum absolute atomic E-state index is 0.413. The van der Waals surface area contributed by atoms with Crippen molar-refractivity contribution in [1.82, 2.24) is 9.80 Å². The summed E-state index contributed by atoms with van der Waals surface area (Å²) in [5.41, 5.74) is 5.75. The fourth-order valence-electron chi connectivity index (χ4n) is 4.43. The molecule has 1 atom stereocenters. The van der Waals surface area contributed by atoms with Gasteiger partial charge in [-0.05, 0) is 63.5 Å². The number of nitrogens with two attached hydrogens (primary N) is 1. The van der Waals surface area contributed by atoms with Gasteiger partial charge in [-0.25, -0.2) is 0 Å². The number of fused-ring (bicyclic) bond motifs is 1. The molecule has 3 rings (SSSR count). The molecule has 0 aromatic carbocycles. The van der Waals surface area contributed by atoms with Crippen LogP contribution in [-0.4, -0.2) is 54.5 Å². The lowest BCUT2D eigenvalue weighted by molar-refractivity contribution is -0.136. The zero-order chi connectivity index (χ0) is 14.7. The molecule has 2 saturated heterocycles. The highest BCUT2D eigenvalue weighted by Crippen LogP contribution is 2.31. The standard InChI is InChI=1S/C17H31N3O/c18-12-15-6-4-14(5-7-15)11-17(21)20-10-9-19-8-2-1-3-16(19)13-20/h14-16H,1-13,18H2. The van der Waals surface area contributed by atoms with Gasteiger partial charge in [0.1, 0.15) is 0 Å². The van der Waals surface area contributed by atoms with E-state index in [1.807, 2.05) is 0 Å². The lowest BCUT2D eigenvalue weighted by Gasteiger charge is -2.44. The number of hydrogen-bond donors (Lipinski definition) is 1. The van der Waals surface area contributed by atoms with Gasteiger partial charge >= 0.3 is 0 Å². The highest BCUT2D eigenvalue weighted by molar-refractivity contribution is 5.76. The van der Waals surface area contributed by atoms with E-state index in [0.29, 0.717) is 23.8 Å². The van der Waals surface area contributed by atoms with Gasteiger partial charge in [-0.3, -0.25) is 9.69 Å². The monoisotopic (exact) mass is 293 g/mol. The van der Waals surface area contributed by atoms with Crippen LogP contribution in [0, 0.1) is 11.8 Å². The first-order valence-corrected chi connectivity index (χ1v) is 8.98. The fraction of sp³-hybridized carbons (Fsp3) is 0.941. The molecule has 4 heteroatoms. The van der Waals surface area contributed by atoms with Gasteiger partial charge in [0.05, 0.1) is 0 Å². The Morgan fingerprint density at radius 3 is 2.48 bits per heavy atom. The number of carbonyl (C=O) groups is 1. The number of nitrogens with zero attached hydrogens (tertiary/aromatic N) is 2. The summed E-state index contributed by atoms with van der Waals surface area (Å²) in [4.78, 5) is 17.3. The molecule has 2 aliphatic heterocycles. The first-order chi connectivity index (χ1) is 10.3. The minimum Gasteiger partial charge on any atom is -0.340 e. The summed E-state index contributed by atoms with van der Waals surface area (Å²) in [6, 6.07) is 0.643. The van der Waals surface area contributed by atoms with Crippen LogP contribution >= 0.6 is 0 Å². The van der Waals surface area contributed by atoms with Crippen molar-refractivity contribution in [3.8, 4) is 0 Å². The van der Waals surface area contributed by atoms with Gasteiger partial charge in [0.15, 0.2) is 0 Å². The molecule has 0 bridgehead atoms. The first kappa shape index (κ1) is 15.3. The molecule has 3 fully saturated rings. The van der Waals surface area contributed by atoms with Crippen molar-refractivity contribution < 1.29 is 4.79 Å². The molecule has 2 N–H and O–H groups in total. The number of piperidine rings is 1. The molecule has 21 heavy (non-hydrogen) atoms. The van der Waals surface area contributed by atoms with Crippen molar-refractivity contribution in [1.29, 1.82) is 0 Å². The summed E-state index contributed by atoms with van der Waals surface area (Å²) in [5, 5.41) is 0. The Morgan fingerprint density at radius 1 is 0.952 bits per heavy atom. The molecule has 1 unspecified atom stereocenters. The van der Waals surface area contributed by atoms with E-state index in [0.717, 1.165) is 32.6 Å². The third-order valence-corrected chi connectivity index (χ3v) is 5.95. The molecular weight excluding hydrogens is 262 g/mol. The van der Waals surface area contributed by atoms with Crippen LogP contribution in [0.3, 0.4) is 0 Å². The van der Waals surface area contributed by atoms with Crippen LogP contribution in [0.5, 0.6) is 0 Å². The van der Waals surface area contributed by atoms with Gasteiger partial charge in [0.2, 0.25) is 5.91 Å². The van der Waals surface area contributed by atoms with Crippen molar-refractivity contribution >= 4 is 5.91 Å². The topological polar surface area (TPSA) is 49.6 Å². The molecule has 2 heterocycles. The van der Waals surface area contributed by atoms with Crippen molar-refractivity contribution in [3.05, 3.63) is 0 Å². The maximum Gasteiger partial charge on any atom is 0.222 e. The van der Waals surface area contributed by atoms with Gasteiger partial charge in [-0.1, -0.05) is 6.42 Å². The van der Waals surface area contributed by atoms with E-state index in [1.54, 1.807) is 0 Å². The van der Waals surface area contributed by atoms with Crippen LogP contribution in [0.1, 0.15) is 51.4 Å². The van der Waals surface area contributed by atoms with Crippen molar-refractivity contribution in [2.45, 2.75) is 57.4 Å². The maximum absolute atomic E-state index is 12.6. The maximum atomic E-state index is 12.6. The van der Waals surface area contributed by atoms with E-state index < -0.39 is 0 Å². The van der Waals surface area contributed by atoms with E-state index in [2.05, 4.69) is 9.80 Å². The third kappa shape index (κ3) is 3.78. The molecule has 1 amide bonds. The van der Waals surface area contributed by atoms with E-state index >= 15 is 0 Å². The van der Waals surface area contributed by atoms with Gasteiger partial charge < -0.3 is 10.6 Å². The van der Waals surface area contributed by atoms with E-state index in [-0.39, 0.29) is 0 Å². The first-order valence-electron chi connectivity index (χ1n) is 8.98. The van der Waals surface area contributed by atoms with Crippen molar-refractivity contribution in [3.63, 3.8) is 0 Å². The van der Waals surface area contributed by atoms with Crippen LogP contribution in [0.25, 0.3) is 0 Å². The SMILES string of the molecule is NCC1CCC(CC(=O)N2CCN3CCCCC3C2)CC1. The predicted octanol–water partition coefficient (Wildman–Crippen LogP) is 1.84. The highest BCUT2D eigenvalue weighted by atomic mass is 16.2. The fourth-order valence-corrected chi connectivity index (χ4v) is 4.43. The summed E-state index contributed by atoms with van der Waals surface area (Å²) in [6.07, 6.45) is 9.61. The number of piperazine rings is 1. The molecule has 0 aromatic heterocycles. The molecule has 1 aliphatic carbocycles. The van der Waals surface area contributed by atoms with Crippen LogP contribution in [0.15, 0.2) is 0 Å². The Hall–Kier alpha value is -0.610. The second-order valence-corrected chi connectivity index (χ2v) is 7.35. The third-order valence-electron chi connectivity index (χ3n) is 5.95. The number of hydrogen-bond acceptors (Lipinski definition) is 3. The lowest BCUT2D eigenvalue weighted by Crippen LogP contribution is -2.56. The van der Waals surface area contributed by atoms with Crippen molar-refractivity contribution in [2.75, 3.05) is 32.7 Å². The second-order valence-electron chi connectivity index (χ2n) is 7.35. The average Bonchev–Trinajstić information content (AvgIpc) is 2.55. The van der Waals surface area contributed by atoms with Gasteiger partial charge in [0, 0.05) is 32.1 Å². The minimum atomic E-state index is 0.413. The Kier molecular flexibility index (Phi) is 5.17. The zero-order valence-corrected chi connectivity index (χ0v) is 13.3. The molecule has 3 aliphatic rings. The van der Waals surface area contributed by atoms with Gasteiger partial charge in [0.25, 0.3) is 0 Å². The van der Waals surface area contributed by atoms with Crippen LogP contribution in [0.4, 0.5) is 0 Å². The summed E-state index contributed by atoms with van der Waals surface area (Å²) >= 11 is 0. The Morgan fingerprint density at radius 2 is 1.71 bits per heavy atom. The normalized spacial score (nSPS) is 34.5. The lowest BCUT2D eigenvalue weighted by atomic mass is 9.80.